The Balaban J connectivity index is 2.08. The lowest BCUT2D eigenvalue weighted by Gasteiger charge is -2.15. The van der Waals surface area contributed by atoms with Crippen LogP contribution < -0.4 is 11.2 Å². The van der Waals surface area contributed by atoms with Gasteiger partial charge in [0.2, 0.25) is 0 Å². The average molecular weight is 463 g/mol. The summed E-state index contributed by atoms with van der Waals surface area (Å²) in [7, 11) is 3.03. The van der Waals surface area contributed by atoms with Crippen LogP contribution in [0.25, 0.3) is 22.2 Å². The van der Waals surface area contributed by atoms with Gasteiger partial charge in [-0.25, -0.2) is 4.79 Å². The predicted octanol–water partition coefficient (Wildman–Crippen LogP) is 2.56. The molecular formula is C19H19BrN4O5. The zero-order valence-electron chi connectivity index (χ0n) is 15.9. The first-order valence-corrected chi connectivity index (χ1v) is 9.93. The Kier molecular flexibility index (Phi) is 4.91. The molecule has 3 heterocycles. The van der Waals surface area contributed by atoms with E-state index in [0.717, 1.165) is 17.4 Å². The Morgan fingerprint density at radius 1 is 1.28 bits per heavy atom. The maximum absolute atomic E-state index is 13.0. The van der Waals surface area contributed by atoms with Gasteiger partial charge in [0.25, 0.3) is 11.2 Å². The normalized spacial score (nSPS) is 16.6. The molecule has 1 atom stereocenters. The number of aryl methyl sites for hydroxylation is 1. The second-order valence-electron chi connectivity index (χ2n) is 7.15. The van der Waals surface area contributed by atoms with Gasteiger partial charge in [0.05, 0.1) is 27.6 Å². The summed E-state index contributed by atoms with van der Waals surface area (Å²) in [5.41, 5.74) is 0.571. The topological polar surface area (TPSA) is 101 Å². The van der Waals surface area contributed by atoms with Crippen molar-refractivity contribution in [3.8, 4) is 11.3 Å². The molecule has 29 heavy (non-hydrogen) atoms. The highest BCUT2D eigenvalue weighted by atomic mass is 79.9. The van der Waals surface area contributed by atoms with Gasteiger partial charge < -0.3 is 9.30 Å². The van der Waals surface area contributed by atoms with Crippen molar-refractivity contribution in [3.05, 3.63) is 59.8 Å². The maximum Gasteiger partial charge on any atom is 0.330 e. The van der Waals surface area contributed by atoms with Gasteiger partial charge in [0.15, 0.2) is 0 Å². The number of hydrogen-bond acceptors (Lipinski definition) is 5. The first-order valence-electron chi connectivity index (χ1n) is 9.14. The smallest absolute Gasteiger partial charge is 0.330 e. The summed E-state index contributed by atoms with van der Waals surface area (Å²) in [5.74, 6) is 0. The van der Waals surface area contributed by atoms with E-state index >= 15 is 0 Å². The molecule has 1 aromatic carbocycles. The van der Waals surface area contributed by atoms with Crippen LogP contribution >= 0.6 is 15.9 Å². The lowest BCUT2D eigenvalue weighted by molar-refractivity contribution is -0.384. The quantitative estimate of drug-likeness (QED) is 0.437. The van der Waals surface area contributed by atoms with Crippen molar-refractivity contribution in [3.63, 3.8) is 0 Å². The number of rotatable bonds is 4. The van der Waals surface area contributed by atoms with Gasteiger partial charge in [0, 0.05) is 55.6 Å². The van der Waals surface area contributed by atoms with Crippen molar-refractivity contribution in [2.75, 3.05) is 6.61 Å². The van der Waals surface area contributed by atoms with E-state index in [-0.39, 0.29) is 11.8 Å². The molecular weight excluding hydrogens is 444 g/mol. The Morgan fingerprint density at radius 3 is 2.69 bits per heavy atom. The number of aromatic nitrogens is 3. The van der Waals surface area contributed by atoms with E-state index in [1.165, 1.54) is 23.7 Å². The molecule has 0 bridgehead atoms. The fourth-order valence-corrected chi connectivity index (χ4v) is 4.27. The number of benzene rings is 1. The van der Waals surface area contributed by atoms with Crippen LogP contribution in [0.3, 0.4) is 0 Å². The van der Waals surface area contributed by atoms with Gasteiger partial charge in [-0.2, -0.15) is 0 Å². The fourth-order valence-electron chi connectivity index (χ4n) is 3.84. The zero-order valence-corrected chi connectivity index (χ0v) is 17.5. The van der Waals surface area contributed by atoms with Gasteiger partial charge in [-0.05, 0) is 18.9 Å². The van der Waals surface area contributed by atoms with Crippen LogP contribution in [-0.2, 0) is 25.4 Å². The van der Waals surface area contributed by atoms with E-state index in [0.29, 0.717) is 39.8 Å². The zero-order chi connectivity index (χ0) is 20.9. The van der Waals surface area contributed by atoms with Crippen LogP contribution in [0.15, 0.2) is 38.5 Å². The molecule has 152 valence electrons. The summed E-state index contributed by atoms with van der Waals surface area (Å²) >= 11 is 3.47. The minimum Gasteiger partial charge on any atom is -0.376 e. The summed E-state index contributed by atoms with van der Waals surface area (Å²) < 4.78 is 10.7. The molecule has 1 aliphatic heterocycles. The van der Waals surface area contributed by atoms with Crippen molar-refractivity contribution in [1.29, 1.82) is 0 Å². The molecule has 1 fully saturated rings. The van der Waals surface area contributed by atoms with Crippen LogP contribution in [0.5, 0.6) is 0 Å². The van der Waals surface area contributed by atoms with E-state index in [4.69, 9.17) is 4.74 Å². The molecule has 0 aliphatic carbocycles. The highest BCUT2D eigenvalue weighted by Crippen LogP contribution is 2.36. The summed E-state index contributed by atoms with van der Waals surface area (Å²) in [6, 6.07) is 4.43. The summed E-state index contributed by atoms with van der Waals surface area (Å²) in [6.45, 7) is 1.16. The third-order valence-corrected chi connectivity index (χ3v) is 6.04. The van der Waals surface area contributed by atoms with Gasteiger partial charge in [-0.3, -0.25) is 24.0 Å². The molecule has 0 saturated carbocycles. The van der Waals surface area contributed by atoms with Crippen LogP contribution in [0.1, 0.15) is 12.8 Å². The van der Waals surface area contributed by atoms with E-state index in [9.17, 15) is 19.7 Å². The minimum atomic E-state index is -0.473. The summed E-state index contributed by atoms with van der Waals surface area (Å²) in [5, 5.41) is 11.7. The first kappa shape index (κ1) is 19.6. The molecule has 10 heteroatoms. The number of halogens is 1. The second-order valence-corrected chi connectivity index (χ2v) is 8.01. The SMILES string of the molecule is Cn1c(=O)c2c(-c3cc([N+](=O)[O-])ccc3Br)n(CC3CCCO3)cc2n(C)c1=O. The molecule has 9 nitrogen and oxygen atoms in total. The summed E-state index contributed by atoms with van der Waals surface area (Å²) in [4.78, 5) is 36.3. The van der Waals surface area contributed by atoms with E-state index < -0.39 is 16.2 Å². The summed E-state index contributed by atoms with van der Waals surface area (Å²) in [6.07, 6.45) is 3.58. The van der Waals surface area contributed by atoms with Crippen LogP contribution in [0.4, 0.5) is 5.69 Å². The van der Waals surface area contributed by atoms with E-state index in [1.54, 1.807) is 19.3 Å². The Morgan fingerprint density at radius 2 is 2.03 bits per heavy atom. The molecule has 0 spiro atoms. The molecule has 1 aliphatic rings. The molecule has 1 saturated heterocycles. The number of nitro benzene ring substituents is 1. The lowest BCUT2D eigenvalue weighted by Crippen LogP contribution is -2.36. The third-order valence-electron chi connectivity index (χ3n) is 5.35. The Labute approximate surface area is 173 Å². The number of non-ortho nitro benzene ring substituents is 1. The third kappa shape index (κ3) is 3.22. The number of fused-ring (bicyclic) bond motifs is 1. The van der Waals surface area contributed by atoms with E-state index in [2.05, 4.69) is 15.9 Å². The van der Waals surface area contributed by atoms with Crippen molar-refractivity contribution in [2.24, 2.45) is 14.1 Å². The molecule has 0 radical (unpaired) electrons. The molecule has 4 rings (SSSR count). The van der Waals surface area contributed by atoms with Crippen LogP contribution in [0, 0.1) is 10.1 Å². The Bertz CT molecular complexity index is 1250. The molecule has 0 N–H and O–H groups in total. The average Bonchev–Trinajstić information content (AvgIpc) is 3.33. The van der Waals surface area contributed by atoms with Gasteiger partial charge in [0.1, 0.15) is 0 Å². The maximum atomic E-state index is 13.0. The number of nitro groups is 1. The highest BCUT2D eigenvalue weighted by Gasteiger charge is 2.25. The number of nitrogens with zero attached hydrogens (tertiary/aromatic N) is 4. The van der Waals surface area contributed by atoms with Crippen molar-refractivity contribution in [1.82, 2.24) is 13.7 Å². The number of hydrogen-bond donors (Lipinski definition) is 0. The second kappa shape index (κ2) is 7.27. The van der Waals surface area contributed by atoms with Crippen molar-refractivity contribution in [2.45, 2.75) is 25.5 Å². The van der Waals surface area contributed by atoms with Gasteiger partial charge in [-0.15, -0.1) is 0 Å². The number of ether oxygens (including phenoxy) is 1. The van der Waals surface area contributed by atoms with Gasteiger partial charge in [-0.1, -0.05) is 15.9 Å². The lowest BCUT2D eigenvalue weighted by atomic mass is 10.1. The predicted molar refractivity (Wildman–Crippen MR) is 111 cm³/mol. The van der Waals surface area contributed by atoms with E-state index in [1.807, 2.05) is 4.57 Å². The first-order chi connectivity index (χ1) is 13.8. The fraction of sp³-hybridized carbons (Fsp3) is 0.368. The van der Waals surface area contributed by atoms with Crippen LogP contribution in [-0.4, -0.2) is 31.3 Å². The Hall–Kier alpha value is -2.72. The monoisotopic (exact) mass is 462 g/mol. The van der Waals surface area contributed by atoms with Crippen molar-refractivity contribution < 1.29 is 9.66 Å². The molecule has 3 aromatic rings. The van der Waals surface area contributed by atoms with Gasteiger partial charge >= 0.3 is 5.69 Å². The molecule has 0 amide bonds. The van der Waals surface area contributed by atoms with Crippen molar-refractivity contribution >= 4 is 32.5 Å². The largest absolute Gasteiger partial charge is 0.376 e. The van der Waals surface area contributed by atoms with Crippen LogP contribution in [0.2, 0.25) is 0 Å². The molecule has 2 aromatic heterocycles. The minimum absolute atomic E-state index is 0.0195. The molecule has 1 unspecified atom stereocenters. The highest BCUT2D eigenvalue weighted by molar-refractivity contribution is 9.10. The standard InChI is InChI=1S/C19H19BrN4O5/c1-21-15-10-23(9-12-4-3-7-29-12)17(16(15)18(25)22(2)19(21)26)13-8-11(24(27)28)5-6-14(13)20/h5-6,8,10,12H,3-4,7,9H2,1-2H3.